The van der Waals surface area contributed by atoms with Gasteiger partial charge in [-0.1, -0.05) is 57.3 Å². The largest absolute Gasteiger partial charge is 0.350 e. The van der Waals surface area contributed by atoms with Crippen molar-refractivity contribution in [2.24, 2.45) is 0 Å². The van der Waals surface area contributed by atoms with Crippen LogP contribution in [-0.2, 0) is 22.6 Å². The lowest BCUT2D eigenvalue weighted by molar-refractivity contribution is -0.140. The van der Waals surface area contributed by atoms with E-state index in [0.717, 1.165) is 10.0 Å². The quantitative estimate of drug-likeness (QED) is 0.559. The van der Waals surface area contributed by atoms with E-state index in [1.54, 1.807) is 30.0 Å². The maximum absolute atomic E-state index is 13.2. The van der Waals surface area contributed by atoms with Gasteiger partial charge in [0.2, 0.25) is 11.8 Å². The zero-order valence-corrected chi connectivity index (χ0v) is 20.0. The lowest BCUT2D eigenvalue weighted by Gasteiger charge is -2.31. The number of halogens is 3. The van der Waals surface area contributed by atoms with Gasteiger partial charge in [0, 0.05) is 26.6 Å². The van der Waals surface area contributed by atoms with Crippen LogP contribution in [0.25, 0.3) is 0 Å². The summed E-state index contributed by atoms with van der Waals surface area (Å²) in [6.07, 6.45) is 0.0830. The Labute approximate surface area is 190 Å². The van der Waals surface area contributed by atoms with E-state index in [0.29, 0.717) is 22.2 Å². The van der Waals surface area contributed by atoms with Crippen LogP contribution in [0.4, 0.5) is 0 Å². The molecule has 29 heavy (non-hydrogen) atoms. The first kappa shape index (κ1) is 23.7. The van der Waals surface area contributed by atoms with Gasteiger partial charge in [-0.3, -0.25) is 9.59 Å². The Hall–Kier alpha value is -1.56. The lowest BCUT2D eigenvalue weighted by Crippen LogP contribution is -2.52. The summed E-state index contributed by atoms with van der Waals surface area (Å²) in [4.78, 5) is 27.5. The number of amides is 2. The predicted octanol–water partition coefficient (Wildman–Crippen LogP) is 5.63. The molecule has 0 heterocycles. The molecule has 1 N–H and O–H groups in total. The standard InChI is InChI=1S/C22H25BrCl2N2O2/c1-14(21(29)26-22(2,3)4)27(13-15-5-8-17(23)9-6-15)20(28)11-16-7-10-18(24)12-19(16)25/h5-10,12,14H,11,13H2,1-4H3,(H,26,29)/t14-/m1/s1. The summed E-state index contributed by atoms with van der Waals surface area (Å²) in [5, 5.41) is 3.89. The molecule has 0 aromatic heterocycles. The summed E-state index contributed by atoms with van der Waals surface area (Å²) in [5.41, 5.74) is 1.21. The van der Waals surface area contributed by atoms with Crippen molar-refractivity contribution < 1.29 is 9.59 Å². The molecule has 0 spiro atoms. The van der Waals surface area contributed by atoms with Gasteiger partial charge in [-0.25, -0.2) is 0 Å². The Morgan fingerprint density at radius 2 is 1.72 bits per heavy atom. The van der Waals surface area contributed by atoms with Crippen LogP contribution >= 0.6 is 39.1 Å². The molecule has 0 bridgehead atoms. The minimum absolute atomic E-state index is 0.0830. The summed E-state index contributed by atoms with van der Waals surface area (Å²) in [6, 6.07) is 12.1. The number of benzene rings is 2. The molecule has 2 aromatic rings. The average molecular weight is 500 g/mol. The summed E-state index contributed by atoms with van der Waals surface area (Å²) < 4.78 is 0.950. The molecule has 0 saturated carbocycles. The summed E-state index contributed by atoms with van der Waals surface area (Å²) in [7, 11) is 0. The third-order valence-corrected chi connectivity index (χ3v) is 5.40. The third kappa shape index (κ3) is 7.32. The molecule has 7 heteroatoms. The summed E-state index contributed by atoms with van der Waals surface area (Å²) >= 11 is 15.6. The normalized spacial score (nSPS) is 12.4. The highest BCUT2D eigenvalue weighted by Gasteiger charge is 2.28. The lowest BCUT2D eigenvalue weighted by atomic mass is 10.1. The zero-order valence-electron chi connectivity index (χ0n) is 16.9. The van der Waals surface area contributed by atoms with Crippen LogP contribution in [0.15, 0.2) is 46.9 Å². The van der Waals surface area contributed by atoms with Gasteiger partial charge >= 0.3 is 0 Å². The molecule has 1 atom stereocenters. The molecular formula is C22H25BrCl2N2O2. The minimum Gasteiger partial charge on any atom is -0.350 e. The Morgan fingerprint density at radius 1 is 1.10 bits per heavy atom. The van der Waals surface area contributed by atoms with Gasteiger partial charge in [0.05, 0.1) is 6.42 Å². The smallest absolute Gasteiger partial charge is 0.242 e. The van der Waals surface area contributed by atoms with Crippen LogP contribution in [0, 0.1) is 0 Å². The number of nitrogens with one attached hydrogen (secondary N) is 1. The number of nitrogens with zero attached hydrogens (tertiary/aromatic N) is 1. The second-order valence-corrected chi connectivity index (χ2v) is 9.74. The second-order valence-electron chi connectivity index (χ2n) is 7.98. The number of hydrogen-bond acceptors (Lipinski definition) is 2. The highest BCUT2D eigenvalue weighted by Crippen LogP contribution is 2.23. The van der Waals surface area contributed by atoms with Gasteiger partial charge in [-0.15, -0.1) is 0 Å². The number of carbonyl (C=O) groups is 2. The SMILES string of the molecule is C[C@H](C(=O)NC(C)(C)C)N(Cc1ccc(Br)cc1)C(=O)Cc1ccc(Cl)cc1Cl. The first-order valence-corrected chi connectivity index (χ1v) is 10.8. The third-order valence-electron chi connectivity index (χ3n) is 4.29. The van der Waals surface area contributed by atoms with E-state index < -0.39 is 11.6 Å². The van der Waals surface area contributed by atoms with E-state index in [1.807, 2.05) is 45.0 Å². The average Bonchev–Trinajstić information content (AvgIpc) is 2.61. The van der Waals surface area contributed by atoms with Crippen LogP contribution in [0.1, 0.15) is 38.8 Å². The fraction of sp³-hybridized carbons (Fsp3) is 0.364. The molecule has 0 aliphatic carbocycles. The van der Waals surface area contributed by atoms with Crippen molar-refractivity contribution in [3.8, 4) is 0 Å². The molecule has 0 aliphatic heterocycles. The fourth-order valence-electron chi connectivity index (χ4n) is 2.77. The highest BCUT2D eigenvalue weighted by atomic mass is 79.9. The molecule has 156 valence electrons. The summed E-state index contributed by atoms with van der Waals surface area (Å²) in [5.74, 6) is -0.390. The summed E-state index contributed by atoms with van der Waals surface area (Å²) in [6.45, 7) is 7.78. The maximum atomic E-state index is 13.2. The van der Waals surface area contributed by atoms with Gasteiger partial charge in [0.15, 0.2) is 0 Å². The van der Waals surface area contributed by atoms with Crippen molar-refractivity contribution in [1.29, 1.82) is 0 Å². The van der Waals surface area contributed by atoms with Gasteiger partial charge in [-0.2, -0.15) is 0 Å². The number of hydrogen-bond donors (Lipinski definition) is 1. The Morgan fingerprint density at radius 3 is 2.28 bits per heavy atom. The molecule has 2 rings (SSSR count). The molecule has 4 nitrogen and oxygen atoms in total. The van der Waals surface area contributed by atoms with Gasteiger partial charge in [0.25, 0.3) is 0 Å². The molecule has 0 radical (unpaired) electrons. The van der Waals surface area contributed by atoms with Crippen LogP contribution < -0.4 is 5.32 Å². The van der Waals surface area contributed by atoms with E-state index >= 15 is 0 Å². The Kier molecular flexibility index (Phi) is 8.15. The first-order valence-electron chi connectivity index (χ1n) is 9.26. The highest BCUT2D eigenvalue weighted by molar-refractivity contribution is 9.10. The van der Waals surface area contributed by atoms with Crippen molar-refractivity contribution in [3.63, 3.8) is 0 Å². The van der Waals surface area contributed by atoms with E-state index in [1.165, 1.54) is 0 Å². The van der Waals surface area contributed by atoms with Crippen LogP contribution in [0.3, 0.4) is 0 Å². The van der Waals surface area contributed by atoms with Crippen molar-refractivity contribution >= 4 is 50.9 Å². The molecule has 0 unspecified atom stereocenters. The first-order chi connectivity index (χ1) is 13.5. The van der Waals surface area contributed by atoms with Crippen molar-refractivity contribution in [1.82, 2.24) is 10.2 Å². The monoisotopic (exact) mass is 498 g/mol. The molecule has 2 amide bonds. The zero-order chi connectivity index (χ0) is 21.8. The number of rotatable bonds is 6. The molecule has 0 aliphatic rings. The Bertz CT molecular complexity index is 879. The predicted molar refractivity (Wildman–Crippen MR) is 122 cm³/mol. The van der Waals surface area contributed by atoms with Crippen LogP contribution in [0.2, 0.25) is 10.0 Å². The van der Waals surface area contributed by atoms with Gasteiger partial charge in [0.1, 0.15) is 6.04 Å². The Balaban J connectivity index is 2.27. The van der Waals surface area contributed by atoms with Crippen molar-refractivity contribution in [3.05, 3.63) is 68.1 Å². The molecular weight excluding hydrogens is 475 g/mol. The topological polar surface area (TPSA) is 49.4 Å². The van der Waals surface area contributed by atoms with Crippen LogP contribution in [0.5, 0.6) is 0 Å². The fourth-order valence-corrected chi connectivity index (χ4v) is 3.51. The maximum Gasteiger partial charge on any atom is 0.242 e. The second kappa shape index (κ2) is 9.96. The molecule has 2 aromatic carbocycles. The number of carbonyl (C=O) groups excluding carboxylic acids is 2. The van der Waals surface area contributed by atoms with Gasteiger partial charge < -0.3 is 10.2 Å². The van der Waals surface area contributed by atoms with E-state index in [4.69, 9.17) is 23.2 Å². The van der Waals surface area contributed by atoms with Crippen LogP contribution in [-0.4, -0.2) is 28.3 Å². The minimum atomic E-state index is -0.642. The van der Waals surface area contributed by atoms with Crippen molar-refractivity contribution in [2.75, 3.05) is 0 Å². The van der Waals surface area contributed by atoms with E-state index in [2.05, 4.69) is 21.2 Å². The van der Waals surface area contributed by atoms with E-state index in [9.17, 15) is 9.59 Å². The molecule has 0 fully saturated rings. The van der Waals surface area contributed by atoms with Gasteiger partial charge in [-0.05, 0) is 63.1 Å². The van der Waals surface area contributed by atoms with E-state index in [-0.39, 0.29) is 18.2 Å². The van der Waals surface area contributed by atoms with Crippen molar-refractivity contribution in [2.45, 2.75) is 52.2 Å². The molecule has 0 saturated heterocycles.